The average molecular weight is 330 g/mol. The van der Waals surface area contributed by atoms with E-state index in [-0.39, 0.29) is 11.3 Å². The van der Waals surface area contributed by atoms with Gasteiger partial charge < -0.3 is 0 Å². The van der Waals surface area contributed by atoms with E-state index in [9.17, 15) is 4.79 Å². The molecular formula is C11H8ClN3OS3. The molecule has 0 radical (unpaired) electrons. The second-order valence-electron chi connectivity index (χ2n) is 3.88. The molecule has 1 amide bonds. The fourth-order valence-electron chi connectivity index (χ4n) is 1.86. The summed E-state index contributed by atoms with van der Waals surface area (Å²) in [7, 11) is 0. The number of H-pyrrole nitrogens is 1. The maximum atomic E-state index is 12.0. The molecular weight excluding hydrogens is 322 g/mol. The first kappa shape index (κ1) is 13.1. The molecule has 2 heterocycles. The smallest absolute Gasteiger partial charge is 0.240 e. The van der Waals surface area contributed by atoms with Crippen molar-refractivity contribution in [3.05, 3.63) is 38.8 Å². The number of anilines is 1. The van der Waals surface area contributed by atoms with Crippen LogP contribution in [0.3, 0.4) is 0 Å². The van der Waals surface area contributed by atoms with Gasteiger partial charge >= 0.3 is 0 Å². The molecule has 98 valence electrons. The number of benzene rings is 1. The minimum Gasteiger partial charge on any atom is -0.273 e. The van der Waals surface area contributed by atoms with E-state index >= 15 is 0 Å². The van der Waals surface area contributed by atoms with Gasteiger partial charge in [-0.1, -0.05) is 35.1 Å². The van der Waals surface area contributed by atoms with Gasteiger partial charge in [0.2, 0.25) is 11.0 Å². The molecule has 0 aliphatic carbocycles. The number of hydrogen-bond acceptors (Lipinski definition) is 5. The third-order valence-corrected chi connectivity index (χ3v) is 5.17. The summed E-state index contributed by atoms with van der Waals surface area (Å²) in [6.07, 6.45) is 0. The number of hydrogen-bond donors (Lipinski definition) is 1. The number of nitrogens with zero attached hydrogens (tertiary/aromatic N) is 2. The van der Waals surface area contributed by atoms with E-state index in [1.807, 2.05) is 24.3 Å². The molecule has 1 unspecified atom stereocenters. The van der Waals surface area contributed by atoms with E-state index in [1.165, 1.54) is 11.3 Å². The molecule has 1 aromatic carbocycles. The third kappa shape index (κ3) is 2.55. The highest BCUT2D eigenvalue weighted by Crippen LogP contribution is 2.42. The first-order valence-corrected chi connectivity index (χ1v) is 8.05. The van der Waals surface area contributed by atoms with Crippen LogP contribution in [0.15, 0.2) is 24.3 Å². The van der Waals surface area contributed by atoms with Gasteiger partial charge in [0.1, 0.15) is 5.37 Å². The van der Waals surface area contributed by atoms with Crippen LogP contribution in [-0.4, -0.2) is 21.9 Å². The van der Waals surface area contributed by atoms with Gasteiger partial charge in [0, 0.05) is 5.02 Å². The number of carbonyl (C=O) groups excluding carboxylic acids is 1. The van der Waals surface area contributed by atoms with Crippen molar-refractivity contribution < 1.29 is 4.79 Å². The molecule has 0 spiro atoms. The summed E-state index contributed by atoms with van der Waals surface area (Å²) in [6.45, 7) is 0. The van der Waals surface area contributed by atoms with E-state index in [4.69, 9.17) is 23.8 Å². The van der Waals surface area contributed by atoms with Crippen molar-refractivity contribution in [2.45, 2.75) is 5.37 Å². The van der Waals surface area contributed by atoms with Crippen LogP contribution in [0.1, 0.15) is 10.9 Å². The lowest BCUT2D eigenvalue weighted by Gasteiger charge is -2.21. The molecule has 1 fully saturated rings. The predicted octanol–water partition coefficient (Wildman–Crippen LogP) is 3.63. The van der Waals surface area contributed by atoms with Crippen LogP contribution in [0.25, 0.3) is 0 Å². The third-order valence-electron chi connectivity index (χ3n) is 2.63. The molecule has 0 bridgehead atoms. The van der Waals surface area contributed by atoms with Gasteiger partial charge in [0.15, 0.2) is 3.95 Å². The quantitative estimate of drug-likeness (QED) is 0.855. The number of halogens is 1. The van der Waals surface area contributed by atoms with Crippen LogP contribution in [0, 0.1) is 3.95 Å². The highest BCUT2D eigenvalue weighted by molar-refractivity contribution is 8.00. The zero-order valence-corrected chi connectivity index (χ0v) is 12.7. The molecule has 1 aliphatic heterocycles. The van der Waals surface area contributed by atoms with E-state index in [0.717, 1.165) is 5.56 Å². The van der Waals surface area contributed by atoms with Gasteiger partial charge in [-0.05, 0) is 29.9 Å². The van der Waals surface area contributed by atoms with Crippen molar-refractivity contribution in [2.75, 3.05) is 10.7 Å². The van der Waals surface area contributed by atoms with E-state index in [2.05, 4.69) is 10.2 Å². The lowest BCUT2D eigenvalue weighted by Crippen LogP contribution is -2.27. The Morgan fingerprint density at radius 2 is 2.37 bits per heavy atom. The van der Waals surface area contributed by atoms with Crippen molar-refractivity contribution >= 4 is 58.0 Å². The molecule has 1 N–H and O–H groups in total. The monoisotopic (exact) mass is 329 g/mol. The van der Waals surface area contributed by atoms with Crippen molar-refractivity contribution in [3.8, 4) is 0 Å². The van der Waals surface area contributed by atoms with Gasteiger partial charge in [0.05, 0.1) is 5.75 Å². The molecule has 2 aromatic rings. The normalized spacial score (nSPS) is 19.1. The van der Waals surface area contributed by atoms with Crippen molar-refractivity contribution in [1.29, 1.82) is 0 Å². The first-order chi connectivity index (χ1) is 9.15. The van der Waals surface area contributed by atoms with E-state index < -0.39 is 0 Å². The lowest BCUT2D eigenvalue weighted by molar-refractivity contribution is -0.115. The van der Waals surface area contributed by atoms with Gasteiger partial charge in [-0.3, -0.25) is 14.8 Å². The Kier molecular flexibility index (Phi) is 3.62. The summed E-state index contributed by atoms with van der Waals surface area (Å²) in [4.78, 5) is 13.7. The molecule has 4 nitrogen and oxygen atoms in total. The molecule has 8 heteroatoms. The van der Waals surface area contributed by atoms with Crippen molar-refractivity contribution in [3.63, 3.8) is 0 Å². The summed E-state index contributed by atoms with van der Waals surface area (Å²) in [5.41, 5.74) is 0.990. The Hall–Kier alpha value is -0.890. The SMILES string of the molecule is O=C1CSC(c2cccc(Cl)c2)N1c1n[nH]c(=S)s1. The first-order valence-electron chi connectivity index (χ1n) is 5.40. The highest BCUT2D eigenvalue weighted by Gasteiger charge is 2.35. The molecule has 19 heavy (non-hydrogen) atoms. The van der Waals surface area contributed by atoms with E-state index in [1.54, 1.807) is 16.7 Å². The fraction of sp³-hybridized carbons (Fsp3) is 0.182. The molecule has 1 atom stereocenters. The second-order valence-corrected chi connectivity index (χ2v) is 7.03. The minimum atomic E-state index is -0.0971. The number of aromatic amines is 1. The number of carbonyl (C=O) groups is 1. The summed E-state index contributed by atoms with van der Waals surface area (Å²) in [6, 6.07) is 7.53. The number of rotatable bonds is 2. The molecule has 0 saturated carbocycles. The maximum absolute atomic E-state index is 12.0. The summed E-state index contributed by atoms with van der Waals surface area (Å²) < 4.78 is 0.560. The van der Waals surface area contributed by atoms with Gasteiger partial charge in [-0.2, -0.15) is 0 Å². The Morgan fingerprint density at radius 3 is 3.05 bits per heavy atom. The van der Waals surface area contributed by atoms with Crippen molar-refractivity contribution in [1.82, 2.24) is 10.2 Å². The maximum Gasteiger partial charge on any atom is 0.240 e. The number of aromatic nitrogens is 2. The van der Waals surface area contributed by atoms with Crippen LogP contribution in [0.4, 0.5) is 5.13 Å². The standard InChI is InChI=1S/C11H8ClN3OS3/c12-7-3-1-2-6(4-7)9-15(8(16)5-18-9)10-13-14-11(17)19-10/h1-4,9H,5H2,(H,14,17). The zero-order valence-electron chi connectivity index (χ0n) is 9.50. The van der Waals surface area contributed by atoms with Crippen LogP contribution >= 0.6 is 46.9 Å². The highest BCUT2D eigenvalue weighted by atomic mass is 35.5. The molecule has 1 aromatic heterocycles. The van der Waals surface area contributed by atoms with Crippen LogP contribution in [-0.2, 0) is 4.79 Å². The summed E-state index contributed by atoms with van der Waals surface area (Å²) in [5.74, 6) is 0.469. The number of amides is 1. The Balaban J connectivity index is 2.01. The van der Waals surface area contributed by atoms with Crippen LogP contribution in [0.2, 0.25) is 5.02 Å². The molecule has 1 aliphatic rings. The number of thioether (sulfide) groups is 1. The van der Waals surface area contributed by atoms with Crippen molar-refractivity contribution in [2.24, 2.45) is 0 Å². The van der Waals surface area contributed by atoms with Crippen LogP contribution in [0.5, 0.6) is 0 Å². The Morgan fingerprint density at radius 1 is 1.53 bits per heavy atom. The second kappa shape index (κ2) is 5.24. The van der Waals surface area contributed by atoms with Gasteiger partial charge in [-0.25, -0.2) is 0 Å². The molecule has 1 saturated heterocycles. The summed E-state index contributed by atoms with van der Waals surface area (Å²) in [5, 5.41) is 7.96. The average Bonchev–Trinajstić information content (AvgIpc) is 2.95. The lowest BCUT2D eigenvalue weighted by atomic mass is 10.2. The fourth-order valence-corrected chi connectivity index (χ4v) is 4.20. The van der Waals surface area contributed by atoms with Gasteiger partial charge in [-0.15, -0.1) is 16.9 Å². The Labute approximate surface area is 127 Å². The summed E-state index contributed by atoms with van der Waals surface area (Å²) >= 11 is 13.9. The Bertz CT molecular complexity index is 684. The predicted molar refractivity (Wildman–Crippen MR) is 81.4 cm³/mol. The minimum absolute atomic E-state index is 0.0349. The number of nitrogens with one attached hydrogen (secondary N) is 1. The van der Waals surface area contributed by atoms with E-state index in [0.29, 0.717) is 19.9 Å². The zero-order chi connectivity index (χ0) is 13.4. The van der Waals surface area contributed by atoms with Crippen LogP contribution < -0.4 is 4.90 Å². The molecule has 3 rings (SSSR count). The van der Waals surface area contributed by atoms with Gasteiger partial charge in [0.25, 0.3) is 0 Å². The largest absolute Gasteiger partial charge is 0.273 e. The topological polar surface area (TPSA) is 49.0 Å².